The lowest BCUT2D eigenvalue weighted by atomic mass is 9.83. The highest BCUT2D eigenvalue weighted by atomic mass is 15.1. The van der Waals surface area contributed by atoms with Crippen LogP contribution < -0.4 is 5.32 Å². The second-order valence-electron chi connectivity index (χ2n) is 6.64. The van der Waals surface area contributed by atoms with Crippen molar-refractivity contribution in [2.45, 2.75) is 78.7 Å². The number of nitrogens with zero attached hydrogens (tertiary/aromatic N) is 1. The molecule has 0 aliphatic heterocycles. The maximum atomic E-state index is 3.81. The molecule has 20 heavy (non-hydrogen) atoms. The van der Waals surface area contributed by atoms with Crippen LogP contribution in [0.2, 0.25) is 0 Å². The van der Waals surface area contributed by atoms with Crippen molar-refractivity contribution in [3.8, 4) is 0 Å². The Balaban J connectivity index is 2.47. The largest absolute Gasteiger partial charge is 0.314 e. The molecule has 120 valence electrons. The lowest BCUT2D eigenvalue weighted by Crippen LogP contribution is -2.45. The van der Waals surface area contributed by atoms with Crippen molar-refractivity contribution in [1.82, 2.24) is 10.2 Å². The standard InChI is InChI=1S/C18H38N2/c1-5-13-19-18-12-10-9-11-17(18)15-20(8-4)14-16(6-2)7-3/h16-19H,5-15H2,1-4H3. The lowest BCUT2D eigenvalue weighted by Gasteiger charge is -2.37. The van der Waals surface area contributed by atoms with E-state index in [0.717, 1.165) is 17.9 Å². The molecule has 0 aromatic carbocycles. The summed E-state index contributed by atoms with van der Waals surface area (Å²) in [5, 5.41) is 3.81. The highest BCUT2D eigenvalue weighted by Crippen LogP contribution is 2.26. The highest BCUT2D eigenvalue weighted by molar-refractivity contribution is 4.83. The van der Waals surface area contributed by atoms with Gasteiger partial charge in [-0.2, -0.15) is 0 Å². The molecule has 0 radical (unpaired) electrons. The van der Waals surface area contributed by atoms with Gasteiger partial charge >= 0.3 is 0 Å². The topological polar surface area (TPSA) is 15.3 Å². The van der Waals surface area contributed by atoms with Gasteiger partial charge in [0.05, 0.1) is 0 Å². The molecule has 2 unspecified atom stereocenters. The molecule has 1 aliphatic carbocycles. The molecule has 0 amide bonds. The molecule has 0 aromatic rings. The maximum absolute atomic E-state index is 3.81. The third kappa shape index (κ3) is 6.13. The maximum Gasteiger partial charge on any atom is 0.0107 e. The third-order valence-electron chi connectivity index (χ3n) is 5.18. The van der Waals surface area contributed by atoms with Crippen LogP contribution in [0.5, 0.6) is 0 Å². The van der Waals surface area contributed by atoms with Crippen molar-refractivity contribution in [3.63, 3.8) is 0 Å². The third-order valence-corrected chi connectivity index (χ3v) is 5.18. The van der Waals surface area contributed by atoms with Gasteiger partial charge in [-0.25, -0.2) is 0 Å². The zero-order valence-corrected chi connectivity index (χ0v) is 14.5. The summed E-state index contributed by atoms with van der Waals surface area (Å²) in [5.74, 6) is 1.77. The van der Waals surface area contributed by atoms with E-state index in [2.05, 4.69) is 37.9 Å². The monoisotopic (exact) mass is 282 g/mol. The van der Waals surface area contributed by atoms with E-state index in [1.54, 1.807) is 0 Å². The van der Waals surface area contributed by atoms with E-state index < -0.39 is 0 Å². The minimum Gasteiger partial charge on any atom is -0.314 e. The van der Waals surface area contributed by atoms with Gasteiger partial charge in [0.15, 0.2) is 0 Å². The number of hydrogen-bond acceptors (Lipinski definition) is 2. The highest BCUT2D eigenvalue weighted by Gasteiger charge is 2.26. The van der Waals surface area contributed by atoms with Gasteiger partial charge in [-0.3, -0.25) is 0 Å². The molecule has 1 saturated carbocycles. The predicted molar refractivity (Wildman–Crippen MR) is 90.2 cm³/mol. The van der Waals surface area contributed by atoms with Gasteiger partial charge in [0.1, 0.15) is 0 Å². The van der Waals surface area contributed by atoms with E-state index in [-0.39, 0.29) is 0 Å². The van der Waals surface area contributed by atoms with Gasteiger partial charge < -0.3 is 10.2 Å². The van der Waals surface area contributed by atoms with Crippen LogP contribution in [-0.2, 0) is 0 Å². The van der Waals surface area contributed by atoms with Gasteiger partial charge in [-0.15, -0.1) is 0 Å². The molecule has 2 nitrogen and oxygen atoms in total. The Labute approximate surface area is 127 Å². The van der Waals surface area contributed by atoms with Crippen LogP contribution in [0.1, 0.15) is 72.6 Å². The van der Waals surface area contributed by atoms with Crippen LogP contribution >= 0.6 is 0 Å². The van der Waals surface area contributed by atoms with Crippen LogP contribution in [0.15, 0.2) is 0 Å². The molecular weight excluding hydrogens is 244 g/mol. The summed E-state index contributed by atoms with van der Waals surface area (Å²) in [6.45, 7) is 14.3. The summed E-state index contributed by atoms with van der Waals surface area (Å²) in [6, 6.07) is 0.777. The van der Waals surface area contributed by atoms with Crippen LogP contribution in [0, 0.1) is 11.8 Å². The molecule has 2 heteroatoms. The molecule has 0 aromatic heterocycles. The van der Waals surface area contributed by atoms with Gasteiger partial charge in [-0.1, -0.05) is 53.4 Å². The quantitative estimate of drug-likeness (QED) is 0.642. The summed E-state index contributed by atoms with van der Waals surface area (Å²) >= 11 is 0. The molecule has 1 aliphatic rings. The van der Waals surface area contributed by atoms with Crippen molar-refractivity contribution in [1.29, 1.82) is 0 Å². The fourth-order valence-electron chi connectivity index (χ4n) is 3.60. The fraction of sp³-hybridized carbons (Fsp3) is 1.00. The average Bonchev–Trinajstić information content (AvgIpc) is 2.50. The Bertz CT molecular complexity index is 225. The zero-order valence-electron chi connectivity index (χ0n) is 14.5. The molecule has 2 atom stereocenters. The second-order valence-corrected chi connectivity index (χ2v) is 6.64. The SMILES string of the molecule is CCCNC1CCCCC1CN(CC)CC(CC)CC. The summed E-state index contributed by atoms with van der Waals surface area (Å²) in [7, 11) is 0. The molecule has 0 heterocycles. The van der Waals surface area contributed by atoms with E-state index >= 15 is 0 Å². The first-order valence-corrected chi connectivity index (χ1v) is 9.20. The predicted octanol–water partition coefficient (Wildman–Crippen LogP) is 4.30. The van der Waals surface area contributed by atoms with E-state index in [1.807, 2.05) is 0 Å². The zero-order chi connectivity index (χ0) is 14.8. The van der Waals surface area contributed by atoms with Gasteiger partial charge in [-0.05, 0) is 44.2 Å². The van der Waals surface area contributed by atoms with E-state index in [0.29, 0.717) is 0 Å². The summed E-state index contributed by atoms with van der Waals surface area (Å²) in [4.78, 5) is 2.72. The minimum absolute atomic E-state index is 0.777. The van der Waals surface area contributed by atoms with Crippen molar-refractivity contribution in [2.75, 3.05) is 26.2 Å². The Morgan fingerprint density at radius 3 is 2.35 bits per heavy atom. The average molecular weight is 283 g/mol. The Kier molecular flexibility index (Phi) is 9.54. The first-order chi connectivity index (χ1) is 9.74. The van der Waals surface area contributed by atoms with Crippen molar-refractivity contribution >= 4 is 0 Å². The molecule has 1 N–H and O–H groups in total. The van der Waals surface area contributed by atoms with Crippen molar-refractivity contribution in [2.24, 2.45) is 11.8 Å². The first kappa shape index (κ1) is 18.0. The smallest absolute Gasteiger partial charge is 0.0107 e. The van der Waals surface area contributed by atoms with E-state index in [9.17, 15) is 0 Å². The molecule has 0 spiro atoms. The molecule has 1 rings (SSSR count). The number of nitrogens with one attached hydrogen (secondary N) is 1. The van der Waals surface area contributed by atoms with Crippen LogP contribution in [0.3, 0.4) is 0 Å². The Morgan fingerprint density at radius 1 is 1.05 bits per heavy atom. The van der Waals surface area contributed by atoms with Gasteiger partial charge in [0.2, 0.25) is 0 Å². The van der Waals surface area contributed by atoms with Crippen molar-refractivity contribution in [3.05, 3.63) is 0 Å². The van der Waals surface area contributed by atoms with Crippen LogP contribution in [0.4, 0.5) is 0 Å². The molecule has 0 bridgehead atoms. The van der Waals surface area contributed by atoms with Gasteiger partial charge in [0, 0.05) is 19.1 Å². The lowest BCUT2D eigenvalue weighted by molar-refractivity contribution is 0.153. The van der Waals surface area contributed by atoms with Crippen LogP contribution in [0.25, 0.3) is 0 Å². The summed E-state index contributed by atoms with van der Waals surface area (Å²) in [5.41, 5.74) is 0. The normalized spacial score (nSPS) is 23.7. The molecular formula is C18H38N2. The number of rotatable bonds is 10. The molecule has 0 saturated heterocycles. The van der Waals surface area contributed by atoms with Gasteiger partial charge in [0.25, 0.3) is 0 Å². The number of hydrogen-bond donors (Lipinski definition) is 1. The van der Waals surface area contributed by atoms with Crippen LogP contribution in [-0.4, -0.2) is 37.1 Å². The van der Waals surface area contributed by atoms with E-state index in [4.69, 9.17) is 0 Å². The molecule has 1 fully saturated rings. The minimum atomic E-state index is 0.777. The first-order valence-electron chi connectivity index (χ1n) is 9.20. The summed E-state index contributed by atoms with van der Waals surface area (Å²) < 4.78 is 0. The van der Waals surface area contributed by atoms with Crippen molar-refractivity contribution < 1.29 is 0 Å². The summed E-state index contributed by atoms with van der Waals surface area (Å²) in [6.07, 6.45) is 9.61. The van der Waals surface area contributed by atoms with E-state index in [1.165, 1.54) is 71.1 Å². The Morgan fingerprint density at radius 2 is 1.75 bits per heavy atom. The second kappa shape index (κ2) is 10.6. The Hall–Kier alpha value is -0.0800. The fourth-order valence-corrected chi connectivity index (χ4v) is 3.60.